The summed E-state index contributed by atoms with van der Waals surface area (Å²) in [5, 5.41) is 3.14. The monoisotopic (exact) mass is 377 g/mol. The number of anilines is 1. The summed E-state index contributed by atoms with van der Waals surface area (Å²) in [4.78, 5) is 26.8. The quantitative estimate of drug-likeness (QED) is 0.821. The average molecular weight is 378 g/mol. The molecule has 0 aliphatic carbocycles. The van der Waals surface area contributed by atoms with Gasteiger partial charge in [0.05, 0.1) is 6.54 Å². The highest BCUT2D eigenvalue weighted by molar-refractivity contribution is 6.31. The Labute approximate surface area is 148 Å². The van der Waals surface area contributed by atoms with Crippen LogP contribution >= 0.6 is 11.6 Å². The maximum atomic E-state index is 12.4. The lowest BCUT2D eigenvalue weighted by atomic mass is 10.2. The van der Waals surface area contributed by atoms with Crippen LogP contribution in [-0.2, 0) is 9.59 Å². The van der Waals surface area contributed by atoms with Crippen LogP contribution in [0.15, 0.2) is 18.2 Å². The van der Waals surface area contributed by atoms with Crippen molar-refractivity contribution in [3.63, 3.8) is 0 Å². The molecule has 0 atom stereocenters. The van der Waals surface area contributed by atoms with E-state index in [2.05, 4.69) is 5.32 Å². The van der Waals surface area contributed by atoms with E-state index >= 15 is 0 Å². The smallest absolute Gasteiger partial charge is 0.340 e. The molecule has 5 nitrogen and oxygen atoms in total. The zero-order chi connectivity index (χ0) is 18.6. The maximum absolute atomic E-state index is 12.4. The number of nitrogens with one attached hydrogen (secondary N) is 1. The lowest BCUT2D eigenvalue weighted by molar-refractivity contribution is -0.151. The summed E-state index contributed by atoms with van der Waals surface area (Å²) >= 11 is 5.97. The fourth-order valence-electron chi connectivity index (χ4n) is 2.60. The van der Waals surface area contributed by atoms with E-state index in [0.717, 1.165) is 0 Å². The molecule has 0 unspecified atom stereocenters. The molecule has 25 heavy (non-hydrogen) atoms. The third kappa shape index (κ3) is 5.89. The van der Waals surface area contributed by atoms with Gasteiger partial charge in [-0.05, 0) is 24.6 Å². The highest BCUT2D eigenvalue weighted by Gasteiger charge is 2.33. The average Bonchev–Trinajstić information content (AvgIpc) is 2.51. The topological polar surface area (TPSA) is 52.7 Å². The molecule has 138 valence electrons. The standard InChI is InChI=1S/C16H19ClF3N3O2/c1-11-12(17)3-2-4-13(11)21-14(24)9-15(25)23-7-5-22(6-8-23)10-16(18,19)20/h2-4H,5-10H2,1H3,(H,21,24). The second-order valence-corrected chi connectivity index (χ2v) is 6.32. The Bertz CT molecular complexity index is 644. The van der Waals surface area contributed by atoms with Crippen LogP contribution in [0.5, 0.6) is 0 Å². The van der Waals surface area contributed by atoms with Gasteiger partial charge in [-0.2, -0.15) is 13.2 Å². The first-order valence-electron chi connectivity index (χ1n) is 7.77. The largest absolute Gasteiger partial charge is 0.401 e. The summed E-state index contributed by atoms with van der Waals surface area (Å²) in [5.74, 6) is -0.878. The number of benzene rings is 1. The van der Waals surface area contributed by atoms with Crippen molar-refractivity contribution < 1.29 is 22.8 Å². The molecule has 9 heteroatoms. The van der Waals surface area contributed by atoms with Crippen LogP contribution in [0.4, 0.5) is 18.9 Å². The molecule has 0 spiro atoms. The first-order chi connectivity index (χ1) is 11.7. The molecular formula is C16H19ClF3N3O2. The summed E-state index contributed by atoms with van der Waals surface area (Å²) in [6.45, 7) is 1.40. The van der Waals surface area contributed by atoms with Gasteiger partial charge < -0.3 is 10.2 Å². The van der Waals surface area contributed by atoms with Gasteiger partial charge in [0.25, 0.3) is 0 Å². The zero-order valence-corrected chi connectivity index (χ0v) is 14.5. The van der Waals surface area contributed by atoms with Gasteiger partial charge in [-0.15, -0.1) is 0 Å². The van der Waals surface area contributed by atoms with Gasteiger partial charge in [-0.1, -0.05) is 17.7 Å². The number of rotatable bonds is 4. The van der Waals surface area contributed by atoms with E-state index in [-0.39, 0.29) is 32.6 Å². The number of halogens is 4. The van der Waals surface area contributed by atoms with Crippen molar-refractivity contribution in [3.8, 4) is 0 Å². The highest BCUT2D eigenvalue weighted by Crippen LogP contribution is 2.23. The SMILES string of the molecule is Cc1c(Cl)cccc1NC(=O)CC(=O)N1CCN(CC(F)(F)F)CC1. The molecule has 1 aromatic carbocycles. The predicted octanol–water partition coefficient (Wildman–Crippen LogP) is 2.68. The Morgan fingerprint density at radius 2 is 1.84 bits per heavy atom. The van der Waals surface area contributed by atoms with Crippen LogP contribution in [0.3, 0.4) is 0 Å². The van der Waals surface area contributed by atoms with E-state index in [1.165, 1.54) is 9.80 Å². The van der Waals surface area contributed by atoms with Gasteiger partial charge in [0.2, 0.25) is 11.8 Å². The minimum atomic E-state index is -4.25. The molecule has 1 fully saturated rings. The Morgan fingerprint density at radius 1 is 1.20 bits per heavy atom. The van der Waals surface area contributed by atoms with Gasteiger partial charge in [0, 0.05) is 36.9 Å². The molecule has 1 aliphatic heterocycles. The molecule has 0 aromatic heterocycles. The van der Waals surface area contributed by atoms with E-state index < -0.39 is 24.5 Å². The second-order valence-electron chi connectivity index (χ2n) is 5.91. The maximum Gasteiger partial charge on any atom is 0.401 e. The number of hydrogen-bond donors (Lipinski definition) is 1. The Hall–Kier alpha value is -1.80. The highest BCUT2D eigenvalue weighted by atomic mass is 35.5. The molecule has 1 heterocycles. The summed E-state index contributed by atoms with van der Waals surface area (Å²) in [7, 11) is 0. The number of carbonyl (C=O) groups excluding carboxylic acids is 2. The van der Waals surface area contributed by atoms with Crippen molar-refractivity contribution in [3.05, 3.63) is 28.8 Å². The summed E-state index contributed by atoms with van der Waals surface area (Å²) in [5.41, 5.74) is 1.23. The van der Waals surface area contributed by atoms with Gasteiger partial charge in [-0.3, -0.25) is 14.5 Å². The fraction of sp³-hybridized carbons (Fsp3) is 0.500. The van der Waals surface area contributed by atoms with Crippen LogP contribution in [0.1, 0.15) is 12.0 Å². The third-order valence-corrected chi connectivity index (χ3v) is 4.39. The number of piperazine rings is 1. The van der Waals surface area contributed by atoms with E-state index in [0.29, 0.717) is 16.3 Å². The Kier molecular flexibility index (Phi) is 6.29. The van der Waals surface area contributed by atoms with Crippen LogP contribution in [0.25, 0.3) is 0 Å². The van der Waals surface area contributed by atoms with Gasteiger partial charge >= 0.3 is 6.18 Å². The summed E-state index contributed by atoms with van der Waals surface area (Å²) in [6.07, 6.45) is -4.61. The number of carbonyl (C=O) groups is 2. The molecule has 0 saturated carbocycles. The second kappa shape index (κ2) is 8.05. The molecule has 1 aromatic rings. The van der Waals surface area contributed by atoms with Gasteiger partial charge in [0.1, 0.15) is 6.42 Å². The Morgan fingerprint density at radius 3 is 2.44 bits per heavy atom. The van der Waals surface area contributed by atoms with Crippen LogP contribution in [0.2, 0.25) is 5.02 Å². The number of amides is 2. The number of alkyl halides is 3. The van der Waals surface area contributed by atoms with Crippen molar-refractivity contribution >= 4 is 29.1 Å². The molecule has 2 amide bonds. The van der Waals surface area contributed by atoms with Crippen molar-refractivity contribution in [2.24, 2.45) is 0 Å². The molecule has 0 bridgehead atoms. The third-order valence-electron chi connectivity index (χ3n) is 3.98. The van der Waals surface area contributed by atoms with E-state index in [4.69, 9.17) is 11.6 Å². The molecule has 1 saturated heterocycles. The first-order valence-corrected chi connectivity index (χ1v) is 8.15. The van der Waals surface area contributed by atoms with Crippen molar-refractivity contribution in [2.75, 3.05) is 38.0 Å². The fourth-order valence-corrected chi connectivity index (χ4v) is 2.77. The molecule has 1 N–H and O–H groups in total. The van der Waals surface area contributed by atoms with E-state index in [9.17, 15) is 22.8 Å². The van der Waals surface area contributed by atoms with E-state index in [1.54, 1.807) is 25.1 Å². The van der Waals surface area contributed by atoms with Crippen LogP contribution in [-0.4, -0.2) is 60.5 Å². The van der Waals surface area contributed by atoms with E-state index in [1.807, 2.05) is 0 Å². The predicted molar refractivity (Wildman–Crippen MR) is 88.5 cm³/mol. The minimum Gasteiger partial charge on any atom is -0.340 e. The van der Waals surface area contributed by atoms with Gasteiger partial charge in [0.15, 0.2) is 0 Å². The first kappa shape index (κ1) is 19.5. The molecule has 2 rings (SSSR count). The number of hydrogen-bond acceptors (Lipinski definition) is 3. The van der Waals surface area contributed by atoms with Crippen LogP contribution < -0.4 is 5.32 Å². The lowest BCUT2D eigenvalue weighted by Gasteiger charge is -2.34. The molecule has 1 aliphatic rings. The van der Waals surface area contributed by atoms with Crippen molar-refractivity contribution in [1.29, 1.82) is 0 Å². The molecule has 0 radical (unpaired) electrons. The Balaban J connectivity index is 1.82. The molecular weight excluding hydrogens is 359 g/mol. The minimum absolute atomic E-state index is 0.139. The summed E-state index contributed by atoms with van der Waals surface area (Å²) in [6, 6.07) is 5.06. The van der Waals surface area contributed by atoms with Crippen molar-refractivity contribution in [1.82, 2.24) is 9.80 Å². The normalized spacial score (nSPS) is 16.0. The van der Waals surface area contributed by atoms with Crippen molar-refractivity contribution in [2.45, 2.75) is 19.5 Å². The lowest BCUT2D eigenvalue weighted by Crippen LogP contribution is -2.51. The van der Waals surface area contributed by atoms with Crippen LogP contribution in [0, 0.1) is 6.92 Å². The zero-order valence-electron chi connectivity index (χ0n) is 13.7. The number of nitrogens with zero attached hydrogens (tertiary/aromatic N) is 2. The van der Waals surface area contributed by atoms with Gasteiger partial charge in [-0.25, -0.2) is 0 Å². The summed E-state index contributed by atoms with van der Waals surface area (Å²) < 4.78 is 37.1.